The predicted octanol–water partition coefficient (Wildman–Crippen LogP) is 3.79. The zero-order valence-electron chi connectivity index (χ0n) is 15.0. The van der Waals surface area contributed by atoms with E-state index in [1.165, 1.54) is 6.33 Å². The van der Waals surface area contributed by atoms with Crippen molar-refractivity contribution in [2.45, 2.75) is 20.0 Å². The largest absolute Gasteiger partial charge is 0.357 e. The van der Waals surface area contributed by atoms with Gasteiger partial charge in [-0.05, 0) is 42.3 Å². The summed E-state index contributed by atoms with van der Waals surface area (Å²) in [5, 5.41) is 11.5. The standard InChI is InChI=1S/C19H21ClN6.HI/c1-2-22-19(24-12-16-4-3-5-17(20)10-16)23-11-15-6-8-18(9-7-15)26-14-21-13-25-26;/h3-10,13-14H,2,11-12H2,1H3,(H2,22,23,24);1H. The highest BCUT2D eigenvalue weighted by Gasteiger charge is 2.01. The molecule has 0 bridgehead atoms. The second kappa shape index (κ2) is 10.9. The molecule has 0 radical (unpaired) electrons. The molecule has 0 saturated heterocycles. The number of rotatable bonds is 6. The van der Waals surface area contributed by atoms with Gasteiger partial charge in [0.1, 0.15) is 12.7 Å². The van der Waals surface area contributed by atoms with Crippen LogP contribution in [0.4, 0.5) is 0 Å². The maximum atomic E-state index is 6.02. The Hall–Kier alpha value is -2.13. The predicted molar refractivity (Wildman–Crippen MR) is 120 cm³/mol. The van der Waals surface area contributed by atoms with E-state index >= 15 is 0 Å². The fourth-order valence-electron chi connectivity index (χ4n) is 2.44. The third-order valence-corrected chi connectivity index (χ3v) is 3.97. The highest BCUT2D eigenvalue weighted by atomic mass is 127. The zero-order valence-corrected chi connectivity index (χ0v) is 18.1. The summed E-state index contributed by atoms with van der Waals surface area (Å²) in [5.74, 6) is 0.771. The minimum atomic E-state index is 0. The SMILES string of the molecule is CCNC(=NCc1cccc(Cl)c1)NCc1ccc(-n2cncn2)cc1.I. The van der Waals surface area contributed by atoms with Crippen molar-refractivity contribution in [3.63, 3.8) is 0 Å². The molecule has 0 atom stereocenters. The fraction of sp³-hybridized carbons (Fsp3) is 0.211. The third kappa shape index (κ3) is 6.51. The van der Waals surface area contributed by atoms with Gasteiger partial charge in [-0.3, -0.25) is 0 Å². The van der Waals surface area contributed by atoms with Crippen LogP contribution in [0.15, 0.2) is 66.2 Å². The van der Waals surface area contributed by atoms with Crippen LogP contribution in [-0.2, 0) is 13.1 Å². The Labute approximate surface area is 181 Å². The summed E-state index contributed by atoms with van der Waals surface area (Å²) in [4.78, 5) is 8.57. The average Bonchev–Trinajstić information content (AvgIpc) is 3.19. The number of aromatic nitrogens is 3. The Morgan fingerprint density at radius 3 is 2.59 bits per heavy atom. The van der Waals surface area contributed by atoms with Crippen LogP contribution in [0.1, 0.15) is 18.1 Å². The van der Waals surface area contributed by atoms with Gasteiger partial charge in [0.25, 0.3) is 0 Å². The van der Waals surface area contributed by atoms with Gasteiger partial charge < -0.3 is 10.6 Å². The van der Waals surface area contributed by atoms with Crippen molar-refractivity contribution in [1.82, 2.24) is 25.4 Å². The van der Waals surface area contributed by atoms with E-state index in [0.29, 0.717) is 13.1 Å². The van der Waals surface area contributed by atoms with E-state index in [9.17, 15) is 0 Å². The molecule has 8 heteroatoms. The molecular weight excluding hydrogens is 475 g/mol. The van der Waals surface area contributed by atoms with Gasteiger partial charge in [-0.2, -0.15) is 5.10 Å². The Morgan fingerprint density at radius 2 is 1.93 bits per heavy atom. The summed E-state index contributed by atoms with van der Waals surface area (Å²) >= 11 is 6.02. The van der Waals surface area contributed by atoms with E-state index in [2.05, 4.69) is 37.8 Å². The lowest BCUT2D eigenvalue weighted by molar-refractivity contribution is 0.814. The number of hydrogen-bond donors (Lipinski definition) is 2. The highest BCUT2D eigenvalue weighted by Crippen LogP contribution is 2.11. The Bertz CT molecular complexity index is 849. The summed E-state index contributed by atoms with van der Waals surface area (Å²) in [7, 11) is 0. The number of hydrogen-bond acceptors (Lipinski definition) is 3. The van der Waals surface area contributed by atoms with Crippen LogP contribution in [0.5, 0.6) is 0 Å². The monoisotopic (exact) mass is 496 g/mol. The molecule has 6 nitrogen and oxygen atoms in total. The number of halogens is 2. The average molecular weight is 497 g/mol. The van der Waals surface area contributed by atoms with Crippen molar-refractivity contribution < 1.29 is 0 Å². The molecule has 1 heterocycles. The van der Waals surface area contributed by atoms with E-state index in [0.717, 1.165) is 34.3 Å². The Kier molecular flexibility index (Phi) is 8.53. The molecule has 0 spiro atoms. The second-order valence-corrected chi connectivity index (χ2v) is 6.12. The molecule has 0 aliphatic heterocycles. The van der Waals surface area contributed by atoms with E-state index in [4.69, 9.17) is 11.6 Å². The smallest absolute Gasteiger partial charge is 0.191 e. The first-order valence-electron chi connectivity index (χ1n) is 8.45. The molecule has 0 aliphatic rings. The van der Waals surface area contributed by atoms with E-state index in [1.807, 2.05) is 43.3 Å². The lowest BCUT2D eigenvalue weighted by Gasteiger charge is -2.12. The molecule has 3 aromatic rings. The zero-order chi connectivity index (χ0) is 18.2. The van der Waals surface area contributed by atoms with Crippen molar-refractivity contribution in [2.75, 3.05) is 6.54 Å². The van der Waals surface area contributed by atoms with Crippen molar-refractivity contribution >= 4 is 41.5 Å². The van der Waals surface area contributed by atoms with E-state index in [-0.39, 0.29) is 24.0 Å². The molecule has 0 aliphatic carbocycles. The van der Waals surface area contributed by atoms with Crippen LogP contribution in [-0.4, -0.2) is 27.3 Å². The molecule has 3 rings (SSSR count). The van der Waals surface area contributed by atoms with Gasteiger partial charge in [0.15, 0.2) is 5.96 Å². The van der Waals surface area contributed by atoms with Gasteiger partial charge in [0, 0.05) is 18.1 Å². The van der Waals surface area contributed by atoms with Crippen molar-refractivity contribution in [3.05, 3.63) is 77.3 Å². The number of aliphatic imine (C=N–C) groups is 1. The lowest BCUT2D eigenvalue weighted by Crippen LogP contribution is -2.36. The van der Waals surface area contributed by atoms with Crippen LogP contribution < -0.4 is 10.6 Å². The van der Waals surface area contributed by atoms with Crippen molar-refractivity contribution in [2.24, 2.45) is 4.99 Å². The van der Waals surface area contributed by atoms with Crippen LogP contribution in [0.3, 0.4) is 0 Å². The lowest BCUT2D eigenvalue weighted by atomic mass is 10.2. The highest BCUT2D eigenvalue weighted by molar-refractivity contribution is 14.0. The molecule has 0 fully saturated rings. The molecule has 0 saturated carbocycles. The molecule has 0 amide bonds. The number of nitrogens with zero attached hydrogens (tertiary/aromatic N) is 4. The molecular formula is C19H22ClIN6. The minimum absolute atomic E-state index is 0. The number of nitrogens with one attached hydrogen (secondary N) is 2. The van der Waals surface area contributed by atoms with Crippen molar-refractivity contribution in [3.8, 4) is 5.69 Å². The van der Waals surface area contributed by atoms with Crippen LogP contribution in [0, 0.1) is 0 Å². The van der Waals surface area contributed by atoms with E-state index in [1.54, 1.807) is 11.0 Å². The summed E-state index contributed by atoms with van der Waals surface area (Å²) < 4.78 is 1.73. The summed E-state index contributed by atoms with van der Waals surface area (Å²) in [6, 6.07) is 15.9. The molecule has 142 valence electrons. The molecule has 2 N–H and O–H groups in total. The molecule has 27 heavy (non-hydrogen) atoms. The van der Waals surface area contributed by atoms with E-state index < -0.39 is 0 Å². The Morgan fingerprint density at radius 1 is 1.11 bits per heavy atom. The normalized spacial score (nSPS) is 11.0. The topological polar surface area (TPSA) is 67.1 Å². The first kappa shape index (κ1) is 21.2. The molecule has 0 unspecified atom stereocenters. The fourth-order valence-corrected chi connectivity index (χ4v) is 2.65. The van der Waals surface area contributed by atoms with Gasteiger partial charge in [-0.25, -0.2) is 14.7 Å². The van der Waals surface area contributed by atoms with Gasteiger partial charge in [-0.15, -0.1) is 24.0 Å². The van der Waals surface area contributed by atoms with Crippen molar-refractivity contribution in [1.29, 1.82) is 0 Å². The second-order valence-electron chi connectivity index (χ2n) is 5.69. The number of guanidine groups is 1. The summed E-state index contributed by atoms with van der Waals surface area (Å²) in [6.07, 6.45) is 3.20. The maximum absolute atomic E-state index is 6.02. The van der Waals surface area contributed by atoms with Gasteiger partial charge in [0.05, 0.1) is 12.2 Å². The van der Waals surface area contributed by atoms with Gasteiger partial charge >= 0.3 is 0 Å². The number of benzene rings is 2. The van der Waals surface area contributed by atoms with Crippen LogP contribution >= 0.6 is 35.6 Å². The maximum Gasteiger partial charge on any atom is 0.191 e. The molecule has 1 aromatic heterocycles. The first-order valence-corrected chi connectivity index (χ1v) is 8.83. The first-order chi connectivity index (χ1) is 12.7. The van der Waals surface area contributed by atoms with Crippen LogP contribution in [0.2, 0.25) is 5.02 Å². The van der Waals surface area contributed by atoms with Gasteiger partial charge in [0.2, 0.25) is 0 Å². The summed E-state index contributed by atoms with van der Waals surface area (Å²) in [6.45, 7) is 4.09. The quantitative estimate of drug-likeness (QED) is 0.310. The minimum Gasteiger partial charge on any atom is -0.357 e. The van der Waals surface area contributed by atoms with Crippen LogP contribution in [0.25, 0.3) is 5.69 Å². The summed E-state index contributed by atoms with van der Waals surface area (Å²) in [5.41, 5.74) is 3.21. The third-order valence-electron chi connectivity index (χ3n) is 3.73. The molecule has 2 aromatic carbocycles. The Balaban J connectivity index is 0.00000261. The van der Waals surface area contributed by atoms with Gasteiger partial charge in [-0.1, -0.05) is 35.9 Å².